The topological polar surface area (TPSA) is 0 Å². The Morgan fingerprint density at radius 3 is 2.56 bits per heavy atom. The first-order chi connectivity index (χ1) is 8.83. The molecule has 0 fully saturated rings. The lowest BCUT2D eigenvalue weighted by Gasteiger charge is -2.00. The molecular weight excluding hydrogens is 260 g/mol. The van der Waals surface area contributed by atoms with Crippen molar-refractivity contribution in [1.29, 1.82) is 0 Å². The molecule has 0 N–H and O–H groups in total. The van der Waals surface area contributed by atoms with Crippen LogP contribution in [0.3, 0.4) is 0 Å². The third-order valence-electron chi connectivity index (χ3n) is 3.32. The summed E-state index contributed by atoms with van der Waals surface area (Å²) in [6.45, 7) is 0. The van der Waals surface area contributed by atoms with E-state index in [9.17, 15) is 0 Å². The fourth-order valence-corrected chi connectivity index (χ4v) is 3.90. The van der Waals surface area contributed by atoms with E-state index in [0.717, 1.165) is 5.02 Å². The van der Waals surface area contributed by atoms with Crippen molar-refractivity contribution in [1.82, 2.24) is 0 Å². The Kier molecular flexibility index (Phi) is 2.14. The SMILES string of the molecule is Clc1ccc2c(ccc3c4ccccc4sc23)c1. The molecule has 18 heavy (non-hydrogen) atoms. The fraction of sp³-hybridized carbons (Fsp3) is 0. The summed E-state index contributed by atoms with van der Waals surface area (Å²) in [5, 5.41) is 5.97. The van der Waals surface area contributed by atoms with Crippen LogP contribution >= 0.6 is 22.9 Å². The highest BCUT2D eigenvalue weighted by atomic mass is 35.5. The van der Waals surface area contributed by atoms with Crippen molar-refractivity contribution < 1.29 is 0 Å². The maximum Gasteiger partial charge on any atom is 0.0433 e. The summed E-state index contributed by atoms with van der Waals surface area (Å²) in [6, 6.07) is 19.0. The van der Waals surface area contributed by atoms with Crippen LogP contribution in [0.15, 0.2) is 54.6 Å². The highest BCUT2D eigenvalue weighted by molar-refractivity contribution is 7.26. The van der Waals surface area contributed by atoms with Crippen molar-refractivity contribution in [2.24, 2.45) is 0 Å². The molecule has 0 saturated heterocycles. The van der Waals surface area contributed by atoms with Crippen molar-refractivity contribution in [2.75, 3.05) is 0 Å². The van der Waals surface area contributed by atoms with E-state index < -0.39 is 0 Å². The van der Waals surface area contributed by atoms with E-state index in [-0.39, 0.29) is 0 Å². The van der Waals surface area contributed by atoms with E-state index in [1.165, 1.54) is 30.9 Å². The molecule has 0 spiro atoms. The minimum absolute atomic E-state index is 0.794. The molecule has 0 unspecified atom stereocenters. The second-order valence-corrected chi connectivity index (χ2v) is 5.89. The van der Waals surface area contributed by atoms with Gasteiger partial charge < -0.3 is 0 Å². The van der Waals surface area contributed by atoms with Crippen LogP contribution < -0.4 is 0 Å². The first-order valence-corrected chi connectivity index (χ1v) is 7.02. The number of halogens is 1. The van der Waals surface area contributed by atoms with Gasteiger partial charge in [0, 0.05) is 25.2 Å². The molecule has 0 atom stereocenters. The van der Waals surface area contributed by atoms with Crippen molar-refractivity contribution >= 4 is 53.9 Å². The molecule has 0 bridgehead atoms. The molecule has 3 aromatic carbocycles. The van der Waals surface area contributed by atoms with Crippen LogP contribution in [0, 0.1) is 0 Å². The molecule has 0 aliphatic carbocycles. The normalized spacial score (nSPS) is 11.6. The maximum atomic E-state index is 6.05. The predicted molar refractivity (Wildman–Crippen MR) is 81.8 cm³/mol. The fourth-order valence-electron chi connectivity index (χ4n) is 2.48. The Morgan fingerprint density at radius 1 is 0.778 bits per heavy atom. The van der Waals surface area contributed by atoms with Gasteiger partial charge in [-0.05, 0) is 29.0 Å². The number of thiophene rings is 1. The summed E-state index contributed by atoms with van der Waals surface area (Å²) in [4.78, 5) is 0. The number of rotatable bonds is 0. The van der Waals surface area contributed by atoms with E-state index in [1.54, 1.807) is 0 Å². The van der Waals surface area contributed by atoms with Gasteiger partial charge in [-0.2, -0.15) is 0 Å². The van der Waals surface area contributed by atoms with Crippen LogP contribution in [0.5, 0.6) is 0 Å². The smallest absolute Gasteiger partial charge is 0.0433 e. The summed E-state index contributed by atoms with van der Waals surface area (Å²) in [5.41, 5.74) is 0. The summed E-state index contributed by atoms with van der Waals surface area (Å²) in [5.74, 6) is 0. The van der Waals surface area contributed by atoms with E-state index in [4.69, 9.17) is 11.6 Å². The number of hydrogen-bond donors (Lipinski definition) is 0. The predicted octanol–water partition coefficient (Wildman–Crippen LogP) is 5.86. The molecule has 0 nitrogen and oxygen atoms in total. The van der Waals surface area contributed by atoms with Gasteiger partial charge in [0.15, 0.2) is 0 Å². The van der Waals surface area contributed by atoms with Crippen molar-refractivity contribution in [3.05, 3.63) is 59.6 Å². The van der Waals surface area contributed by atoms with E-state index in [2.05, 4.69) is 42.5 Å². The number of benzene rings is 3. The average molecular weight is 269 g/mol. The highest BCUT2D eigenvalue weighted by Crippen LogP contribution is 2.38. The molecule has 0 radical (unpaired) electrons. The van der Waals surface area contributed by atoms with Crippen molar-refractivity contribution in [2.45, 2.75) is 0 Å². The van der Waals surface area contributed by atoms with E-state index in [0.29, 0.717) is 0 Å². The largest absolute Gasteiger partial charge is 0.135 e. The number of fused-ring (bicyclic) bond motifs is 5. The molecule has 1 heterocycles. The molecule has 1 aromatic heterocycles. The molecule has 0 aliphatic heterocycles. The Bertz CT molecular complexity index is 889. The summed E-state index contributed by atoms with van der Waals surface area (Å²) in [7, 11) is 0. The highest BCUT2D eigenvalue weighted by Gasteiger charge is 2.07. The summed E-state index contributed by atoms with van der Waals surface area (Å²) < 4.78 is 2.69. The minimum Gasteiger partial charge on any atom is -0.135 e. The molecule has 0 amide bonds. The number of hydrogen-bond acceptors (Lipinski definition) is 1. The molecule has 4 rings (SSSR count). The second-order valence-electron chi connectivity index (χ2n) is 4.41. The van der Waals surface area contributed by atoms with Gasteiger partial charge in [-0.15, -0.1) is 11.3 Å². The Morgan fingerprint density at radius 2 is 1.61 bits per heavy atom. The van der Waals surface area contributed by atoms with Gasteiger partial charge in [-0.3, -0.25) is 0 Å². The molecule has 86 valence electrons. The van der Waals surface area contributed by atoms with Gasteiger partial charge in [0.05, 0.1) is 0 Å². The lowest BCUT2D eigenvalue weighted by Crippen LogP contribution is -1.73. The molecule has 2 heteroatoms. The third kappa shape index (κ3) is 1.38. The van der Waals surface area contributed by atoms with Gasteiger partial charge >= 0.3 is 0 Å². The minimum atomic E-state index is 0.794. The molecule has 0 aliphatic rings. The average Bonchev–Trinajstić information content (AvgIpc) is 2.77. The monoisotopic (exact) mass is 268 g/mol. The third-order valence-corrected chi connectivity index (χ3v) is 4.78. The Balaban J connectivity index is 2.28. The van der Waals surface area contributed by atoms with E-state index >= 15 is 0 Å². The van der Waals surface area contributed by atoms with Gasteiger partial charge in [0.1, 0.15) is 0 Å². The van der Waals surface area contributed by atoms with Gasteiger partial charge in [-0.1, -0.05) is 48.0 Å². The van der Waals surface area contributed by atoms with Crippen LogP contribution in [0.1, 0.15) is 0 Å². The lowest BCUT2D eigenvalue weighted by molar-refractivity contribution is 1.81. The zero-order valence-corrected chi connectivity index (χ0v) is 11.1. The quantitative estimate of drug-likeness (QED) is 0.375. The van der Waals surface area contributed by atoms with Gasteiger partial charge in [0.25, 0.3) is 0 Å². The van der Waals surface area contributed by atoms with Crippen molar-refractivity contribution in [3.63, 3.8) is 0 Å². The molecule has 0 saturated carbocycles. The summed E-state index contributed by atoms with van der Waals surface area (Å²) >= 11 is 7.91. The van der Waals surface area contributed by atoms with Crippen LogP contribution in [0.4, 0.5) is 0 Å². The van der Waals surface area contributed by atoms with Crippen LogP contribution in [0.2, 0.25) is 5.02 Å². The zero-order valence-electron chi connectivity index (χ0n) is 9.48. The summed E-state index contributed by atoms with van der Waals surface area (Å²) in [6.07, 6.45) is 0. The van der Waals surface area contributed by atoms with Gasteiger partial charge in [-0.25, -0.2) is 0 Å². The first-order valence-electron chi connectivity index (χ1n) is 5.82. The Hall–Kier alpha value is -1.57. The lowest BCUT2D eigenvalue weighted by atomic mass is 10.1. The van der Waals surface area contributed by atoms with Crippen molar-refractivity contribution in [3.8, 4) is 0 Å². The second kappa shape index (κ2) is 3.71. The molecule has 4 aromatic rings. The van der Waals surface area contributed by atoms with Gasteiger partial charge in [0.2, 0.25) is 0 Å². The van der Waals surface area contributed by atoms with Crippen LogP contribution in [0.25, 0.3) is 30.9 Å². The van der Waals surface area contributed by atoms with E-state index in [1.807, 2.05) is 23.5 Å². The Labute approximate surface area is 113 Å². The zero-order chi connectivity index (χ0) is 12.1. The first kappa shape index (κ1) is 10.4. The molecular formula is C16H9ClS. The van der Waals surface area contributed by atoms with Crippen LogP contribution in [-0.2, 0) is 0 Å². The van der Waals surface area contributed by atoms with Crippen LogP contribution in [-0.4, -0.2) is 0 Å². The standard InChI is InChI=1S/C16H9ClS/c17-11-6-8-12-10(9-11)5-7-14-13-3-1-2-4-15(13)18-16(12)14/h1-9H. The maximum absolute atomic E-state index is 6.05.